The smallest absolute Gasteiger partial charge is 0.257 e. The molecule has 9 heteroatoms. The van der Waals surface area contributed by atoms with Crippen LogP contribution in [-0.4, -0.2) is 44.4 Å². The van der Waals surface area contributed by atoms with E-state index in [4.69, 9.17) is 0 Å². The van der Waals surface area contributed by atoms with Crippen LogP contribution < -0.4 is 4.72 Å². The Hall–Kier alpha value is -0.930. The lowest BCUT2D eigenvalue weighted by Gasteiger charge is -2.09. The quantitative estimate of drug-likeness (QED) is 0.719. The topological polar surface area (TPSA) is 109 Å². The van der Waals surface area contributed by atoms with Crippen molar-refractivity contribution in [2.45, 2.75) is 17.5 Å². The molecule has 1 aromatic heterocycles. The number of nitrogens with zero attached hydrogens (tertiary/aromatic N) is 1. The van der Waals surface area contributed by atoms with Crippen LogP contribution in [0, 0.1) is 0 Å². The molecule has 2 heterocycles. The molecule has 1 aliphatic heterocycles. The summed E-state index contributed by atoms with van der Waals surface area (Å²) in [6.45, 7) is 0. The highest BCUT2D eigenvalue weighted by atomic mass is 32.2. The fraction of sp³-hybridized carbons (Fsp3) is 0.571. The van der Waals surface area contributed by atoms with Crippen molar-refractivity contribution in [3.05, 3.63) is 12.5 Å². The van der Waals surface area contributed by atoms with Crippen molar-refractivity contribution < 1.29 is 16.8 Å². The maximum atomic E-state index is 11.7. The molecule has 0 saturated carbocycles. The number of hydrogen-bond donors (Lipinski definition) is 2. The van der Waals surface area contributed by atoms with E-state index in [1.54, 1.807) is 0 Å². The number of sulfone groups is 1. The molecular weight excluding hydrogens is 254 g/mol. The van der Waals surface area contributed by atoms with Crippen molar-refractivity contribution in [2.75, 3.05) is 11.5 Å². The van der Waals surface area contributed by atoms with Crippen LogP contribution in [0.3, 0.4) is 0 Å². The monoisotopic (exact) mass is 265 g/mol. The molecule has 1 unspecified atom stereocenters. The number of sulfonamides is 1. The number of aromatic nitrogens is 2. The summed E-state index contributed by atoms with van der Waals surface area (Å²) in [5, 5.41) is -0.0585. The summed E-state index contributed by atoms with van der Waals surface area (Å²) in [5.74, 6) is -0.108. The van der Waals surface area contributed by atoms with Crippen LogP contribution in [0.15, 0.2) is 17.6 Å². The number of hydrogen-bond acceptors (Lipinski definition) is 5. The molecule has 0 bridgehead atoms. The number of H-pyrrole nitrogens is 1. The van der Waals surface area contributed by atoms with E-state index in [1.807, 2.05) is 0 Å². The Labute approximate surface area is 93.3 Å². The summed E-state index contributed by atoms with van der Waals surface area (Å²) in [6, 6.07) is -0.543. The van der Waals surface area contributed by atoms with Gasteiger partial charge in [0.15, 0.2) is 14.9 Å². The molecule has 1 saturated heterocycles. The van der Waals surface area contributed by atoms with Crippen molar-refractivity contribution >= 4 is 19.9 Å². The Morgan fingerprint density at radius 3 is 2.75 bits per heavy atom. The molecule has 0 spiro atoms. The lowest BCUT2D eigenvalue weighted by Crippen LogP contribution is -2.35. The first-order valence-electron chi connectivity index (χ1n) is 4.60. The molecule has 7 nitrogen and oxygen atoms in total. The SMILES string of the molecule is O=S1(=O)CCC(NS(=O)(=O)c2cnc[nH]2)C1. The summed E-state index contributed by atoms with van der Waals surface area (Å²) in [4.78, 5) is 6.06. The van der Waals surface area contributed by atoms with E-state index >= 15 is 0 Å². The summed E-state index contributed by atoms with van der Waals surface area (Å²) < 4.78 is 48.0. The minimum atomic E-state index is -3.68. The second kappa shape index (κ2) is 3.82. The number of nitrogens with one attached hydrogen (secondary N) is 2. The summed E-state index contributed by atoms with van der Waals surface area (Å²) in [7, 11) is -6.77. The first kappa shape index (κ1) is 11.6. The Bertz CT molecular complexity index is 561. The molecule has 0 aromatic carbocycles. The fourth-order valence-electron chi connectivity index (χ4n) is 1.56. The van der Waals surface area contributed by atoms with Gasteiger partial charge in [-0.3, -0.25) is 0 Å². The maximum Gasteiger partial charge on any atom is 0.257 e. The number of aromatic amines is 1. The molecule has 1 atom stereocenters. The number of rotatable bonds is 3. The summed E-state index contributed by atoms with van der Waals surface area (Å²) >= 11 is 0. The van der Waals surface area contributed by atoms with Crippen molar-refractivity contribution in [3.63, 3.8) is 0 Å². The third-order valence-electron chi connectivity index (χ3n) is 2.32. The lowest BCUT2D eigenvalue weighted by atomic mass is 10.3. The average molecular weight is 265 g/mol. The third-order valence-corrected chi connectivity index (χ3v) is 5.53. The van der Waals surface area contributed by atoms with Crippen LogP contribution in [0.5, 0.6) is 0 Å². The predicted octanol–water partition coefficient (Wildman–Crippen LogP) is -1.12. The minimum absolute atomic E-state index is 0.0309. The van der Waals surface area contributed by atoms with Gasteiger partial charge in [0.2, 0.25) is 0 Å². The van der Waals surface area contributed by atoms with E-state index in [-0.39, 0.29) is 16.5 Å². The van der Waals surface area contributed by atoms with Crippen LogP contribution in [0.4, 0.5) is 0 Å². The van der Waals surface area contributed by atoms with Crippen molar-refractivity contribution in [1.82, 2.24) is 14.7 Å². The van der Waals surface area contributed by atoms with Crippen LogP contribution in [-0.2, 0) is 19.9 Å². The highest BCUT2D eigenvalue weighted by Gasteiger charge is 2.31. The van der Waals surface area contributed by atoms with Crippen LogP contribution >= 0.6 is 0 Å². The largest absolute Gasteiger partial charge is 0.335 e. The van der Waals surface area contributed by atoms with Gasteiger partial charge in [-0.15, -0.1) is 0 Å². The van der Waals surface area contributed by atoms with Crippen molar-refractivity contribution in [1.29, 1.82) is 0 Å². The molecule has 1 fully saturated rings. The van der Waals surface area contributed by atoms with Gasteiger partial charge in [-0.05, 0) is 6.42 Å². The summed E-state index contributed by atoms with van der Waals surface area (Å²) in [5.41, 5.74) is 0. The van der Waals surface area contributed by atoms with E-state index in [1.165, 1.54) is 12.5 Å². The molecule has 2 N–H and O–H groups in total. The lowest BCUT2D eigenvalue weighted by molar-refractivity contribution is 0.559. The Morgan fingerprint density at radius 1 is 1.50 bits per heavy atom. The van der Waals surface area contributed by atoms with Crippen molar-refractivity contribution in [2.24, 2.45) is 0 Å². The minimum Gasteiger partial charge on any atom is -0.335 e. The highest BCUT2D eigenvalue weighted by molar-refractivity contribution is 7.92. The predicted molar refractivity (Wildman–Crippen MR) is 56.0 cm³/mol. The average Bonchev–Trinajstić information content (AvgIpc) is 2.74. The van der Waals surface area contributed by atoms with Gasteiger partial charge in [-0.25, -0.2) is 26.5 Å². The molecular formula is C7H11N3O4S2. The second-order valence-electron chi connectivity index (χ2n) is 3.64. The van der Waals surface area contributed by atoms with Crippen molar-refractivity contribution in [3.8, 4) is 0 Å². The zero-order chi connectivity index (χ0) is 11.8. The van der Waals surface area contributed by atoms with E-state index in [0.717, 1.165) is 0 Å². The number of imidazole rings is 1. The normalized spacial score (nSPS) is 24.6. The van der Waals surface area contributed by atoms with Gasteiger partial charge in [0.25, 0.3) is 10.0 Å². The van der Waals surface area contributed by atoms with Gasteiger partial charge >= 0.3 is 0 Å². The van der Waals surface area contributed by atoms with E-state index in [9.17, 15) is 16.8 Å². The Morgan fingerprint density at radius 2 is 2.25 bits per heavy atom. The maximum absolute atomic E-state index is 11.7. The zero-order valence-electron chi connectivity index (χ0n) is 8.25. The first-order valence-corrected chi connectivity index (χ1v) is 7.91. The molecule has 1 aliphatic rings. The van der Waals surface area contributed by atoms with Gasteiger partial charge < -0.3 is 4.98 Å². The highest BCUT2D eigenvalue weighted by Crippen LogP contribution is 2.14. The van der Waals surface area contributed by atoms with Gasteiger partial charge in [-0.2, -0.15) is 0 Å². The third kappa shape index (κ3) is 2.42. The zero-order valence-corrected chi connectivity index (χ0v) is 9.88. The summed E-state index contributed by atoms with van der Waals surface area (Å²) in [6.07, 6.45) is 2.74. The molecule has 1 aromatic rings. The first-order chi connectivity index (χ1) is 7.39. The molecule has 2 rings (SSSR count). The van der Waals surface area contributed by atoms with Gasteiger partial charge in [0, 0.05) is 6.04 Å². The molecule has 0 aliphatic carbocycles. The molecule has 0 amide bonds. The molecule has 16 heavy (non-hydrogen) atoms. The Balaban J connectivity index is 2.12. The van der Waals surface area contributed by atoms with Crippen LogP contribution in [0.2, 0.25) is 0 Å². The Kier molecular flexibility index (Phi) is 2.76. The molecule has 90 valence electrons. The van der Waals surface area contributed by atoms with E-state index < -0.39 is 25.9 Å². The van der Waals surface area contributed by atoms with E-state index in [2.05, 4.69) is 14.7 Å². The van der Waals surface area contributed by atoms with E-state index in [0.29, 0.717) is 6.42 Å². The van der Waals surface area contributed by atoms with Gasteiger partial charge in [-0.1, -0.05) is 0 Å². The van der Waals surface area contributed by atoms with Crippen LogP contribution in [0.1, 0.15) is 6.42 Å². The fourth-order valence-corrected chi connectivity index (χ4v) is 4.51. The molecule has 0 radical (unpaired) electrons. The van der Waals surface area contributed by atoms with Gasteiger partial charge in [0.05, 0.1) is 24.0 Å². The van der Waals surface area contributed by atoms with Gasteiger partial charge in [0.1, 0.15) is 0 Å². The second-order valence-corrected chi connectivity index (χ2v) is 7.55. The van der Waals surface area contributed by atoms with Crippen LogP contribution in [0.25, 0.3) is 0 Å². The standard InChI is InChI=1S/C7H11N3O4S2/c11-15(12)2-1-6(4-15)10-16(13,14)7-3-8-5-9-7/h3,5-6,10H,1-2,4H2,(H,8,9).